The van der Waals surface area contributed by atoms with Gasteiger partial charge in [-0.1, -0.05) is 0 Å². The van der Waals surface area contributed by atoms with E-state index in [1.807, 2.05) is 6.92 Å². The predicted molar refractivity (Wildman–Crippen MR) is 28.9 cm³/mol. The van der Waals surface area contributed by atoms with Crippen LogP contribution in [0.3, 0.4) is 0 Å². The monoisotopic (exact) mass is 98.1 g/mol. The zero-order valence-corrected chi connectivity index (χ0v) is 4.77. The van der Waals surface area contributed by atoms with Gasteiger partial charge in [-0.25, -0.2) is 0 Å². The van der Waals surface area contributed by atoms with Crippen molar-refractivity contribution in [2.45, 2.75) is 26.4 Å². The topological polar surface area (TPSA) is 9.23 Å². The molecule has 7 heavy (non-hydrogen) atoms. The molecule has 0 saturated carbocycles. The average Bonchev–Trinajstić information content (AvgIpc) is 1.87. The molecule has 1 aliphatic heterocycles. The summed E-state index contributed by atoms with van der Waals surface area (Å²) in [6.07, 6.45) is 3.64. The third-order valence-corrected chi connectivity index (χ3v) is 1.12. The second-order valence-corrected chi connectivity index (χ2v) is 1.98. The van der Waals surface area contributed by atoms with E-state index >= 15 is 0 Å². The molecule has 0 fully saturated rings. The summed E-state index contributed by atoms with van der Waals surface area (Å²) >= 11 is 0. The van der Waals surface area contributed by atoms with Crippen molar-refractivity contribution in [3.63, 3.8) is 0 Å². The van der Waals surface area contributed by atoms with Crippen LogP contribution in [-0.4, -0.2) is 6.10 Å². The summed E-state index contributed by atoms with van der Waals surface area (Å²) < 4.78 is 5.22. The first-order valence-corrected chi connectivity index (χ1v) is 2.62. The van der Waals surface area contributed by atoms with Crippen LogP contribution in [-0.2, 0) is 4.74 Å². The average molecular weight is 98.1 g/mol. The summed E-state index contributed by atoms with van der Waals surface area (Å²) in [5.41, 5.74) is 0. The van der Waals surface area contributed by atoms with Crippen LogP contribution >= 0.6 is 0 Å². The van der Waals surface area contributed by atoms with E-state index in [-0.39, 0.29) is 0 Å². The van der Waals surface area contributed by atoms with E-state index in [0.29, 0.717) is 6.10 Å². The third kappa shape index (κ3) is 0.952. The molecule has 0 N–H and O–H groups in total. The standard InChI is InChI=1S/C6H10O/c1-5-3-4-6(2)7-5/h3,6H,4H2,1-2H3/t6-/m0/s1. The molecule has 1 aliphatic rings. The van der Waals surface area contributed by atoms with E-state index in [9.17, 15) is 0 Å². The van der Waals surface area contributed by atoms with Gasteiger partial charge in [0.25, 0.3) is 0 Å². The second kappa shape index (κ2) is 1.57. The lowest BCUT2D eigenvalue weighted by atomic mass is 10.3. The minimum absolute atomic E-state index is 0.431. The van der Waals surface area contributed by atoms with E-state index in [1.165, 1.54) is 0 Å². The Balaban J connectivity index is 2.42. The molecule has 1 rings (SSSR count). The van der Waals surface area contributed by atoms with Gasteiger partial charge in [0.2, 0.25) is 0 Å². The number of hydrogen-bond donors (Lipinski definition) is 0. The number of rotatable bonds is 0. The number of allylic oxidation sites excluding steroid dienone is 1. The summed E-state index contributed by atoms with van der Waals surface area (Å²) in [6, 6.07) is 0. The van der Waals surface area contributed by atoms with Crippen molar-refractivity contribution in [1.29, 1.82) is 0 Å². The molecule has 0 saturated heterocycles. The Morgan fingerprint density at radius 1 is 1.86 bits per heavy atom. The Labute approximate surface area is 44.0 Å². The van der Waals surface area contributed by atoms with Gasteiger partial charge in [-0.2, -0.15) is 0 Å². The van der Waals surface area contributed by atoms with Gasteiger partial charge in [-0.3, -0.25) is 0 Å². The highest BCUT2D eigenvalue weighted by atomic mass is 16.5. The van der Waals surface area contributed by atoms with Crippen LogP contribution in [0.25, 0.3) is 0 Å². The Morgan fingerprint density at radius 3 is 2.71 bits per heavy atom. The fraction of sp³-hybridized carbons (Fsp3) is 0.667. The zero-order chi connectivity index (χ0) is 5.28. The van der Waals surface area contributed by atoms with Gasteiger partial charge >= 0.3 is 0 Å². The number of hydrogen-bond acceptors (Lipinski definition) is 1. The van der Waals surface area contributed by atoms with Crippen molar-refractivity contribution in [3.05, 3.63) is 11.8 Å². The van der Waals surface area contributed by atoms with Crippen molar-refractivity contribution >= 4 is 0 Å². The van der Waals surface area contributed by atoms with Gasteiger partial charge in [-0.15, -0.1) is 0 Å². The van der Waals surface area contributed by atoms with Gasteiger partial charge in [0.1, 0.15) is 0 Å². The Morgan fingerprint density at radius 2 is 2.57 bits per heavy atom. The molecule has 1 heterocycles. The van der Waals surface area contributed by atoms with Crippen molar-refractivity contribution in [1.82, 2.24) is 0 Å². The second-order valence-electron chi connectivity index (χ2n) is 1.98. The molecular weight excluding hydrogens is 88.1 g/mol. The fourth-order valence-corrected chi connectivity index (χ4v) is 0.745. The molecule has 0 spiro atoms. The van der Waals surface area contributed by atoms with Gasteiger partial charge in [0.15, 0.2) is 0 Å². The van der Waals surface area contributed by atoms with Crippen molar-refractivity contribution in [2.24, 2.45) is 0 Å². The lowest BCUT2D eigenvalue weighted by Crippen LogP contribution is -1.96. The molecule has 40 valence electrons. The maximum absolute atomic E-state index is 5.22. The van der Waals surface area contributed by atoms with Crippen LogP contribution in [0.5, 0.6) is 0 Å². The van der Waals surface area contributed by atoms with Crippen molar-refractivity contribution < 1.29 is 4.74 Å². The van der Waals surface area contributed by atoms with Gasteiger partial charge in [0, 0.05) is 6.42 Å². The van der Waals surface area contributed by atoms with Gasteiger partial charge in [0.05, 0.1) is 11.9 Å². The molecule has 0 aromatic rings. The van der Waals surface area contributed by atoms with Crippen LogP contribution in [0.2, 0.25) is 0 Å². The fourth-order valence-electron chi connectivity index (χ4n) is 0.745. The molecule has 0 aliphatic carbocycles. The highest BCUT2D eigenvalue weighted by molar-refractivity contribution is 4.96. The summed E-state index contributed by atoms with van der Waals surface area (Å²) in [6.45, 7) is 4.07. The third-order valence-electron chi connectivity index (χ3n) is 1.12. The smallest absolute Gasteiger partial charge is 0.0989 e. The largest absolute Gasteiger partial charge is 0.495 e. The lowest BCUT2D eigenvalue weighted by Gasteiger charge is -2.01. The van der Waals surface area contributed by atoms with Crippen LogP contribution in [0, 0.1) is 0 Å². The highest BCUT2D eigenvalue weighted by Gasteiger charge is 2.07. The number of ether oxygens (including phenoxy) is 1. The van der Waals surface area contributed by atoms with E-state index in [1.54, 1.807) is 0 Å². The molecular formula is C6H10O. The predicted octanol–water partition coefficient (Wildman–Crippen LogP) is 1.70. The van der Waals surface area contributed by atoms with E-state index in [0.717, 1.165) is 12.2 Å². The summed E-state index contributed by atoms with van der Waals surface area (Å²) in [5, 5.41) is 0. The maximum Gasteiger partial charge on any atom is 0.0989 e. The van der Waals surface area contributed by atoms with Crippen LogP contribution in [0.4, 0.5) is 0 Å². The minimum atomic E-state index is 0.431. The summed E-state index contributed by atoms with van der Waals surface area (Å²) in [5.74, 6) is 1.08. The Bertz CT molecular complexity index is 94.4. The Kier molecular flexibility index (Phi) is 1.05. The van der Waals surface area contributed by atoms with E-state index in [4.69, 9.17) is 4.74 Å². The van der Waals surface area contributed by atoms with Gasteiger partial charge in [-0.05, 0) is 19.9 Å². The first-order chi connectivity index (χ1) is 3.29. The molecule has 0 bridgehead atoms. The first kappa shape index (κ1) is 4.69. The van der Waals surface area contributed by atoms with Crippen LogP contribution in [0.1, 0.15) is 20.3 Å². The molecule has 1 nitrogen and oxygen atoms in total. The molecule has 0 amide bonds. The highest BCUT2D eigenvalue weighted by Crippen LogP contribution is 2.14. The van der Waals surface area contributed by atoms with Crippen molar-refractivity contribution in [2.75, 3.05) is 0 Å². The minimum Gasteiger partial charge on any atom is -0.495 e. The molecule has 0 unspecified atom stereocenters. The summed E-state index contributed by atoms with van der Waals surface area (Å²) in [7, 11) is 0. The SMILES string of the molecule is CC1=CC[C@H](C)O1. The zero-order valence-electron chi connectivity index (χ0n) is 4.77. The molecule has 0 aromatic carbocycles. The summed E-state index contributed by atoms with van der Waals surface area (Å²) in [4.78, 5) is 0. The maximum atomic E-state index is 5.22. The van der Waals surface area contributed by atoms with Crippen LogP contribution < -0.4 is 0 Å². The van der Waals surface area contributed by atoms with Gasteiger partial charge < -0.3 is 4.74 Å². The molecule has 0 radical (unpaired) electrons. The van der Waals surface area contributed by atoms with Crippen molar-refractivity contribution in [3.8, 4) is 0 Å². The molecule has 1 heteroatoms. The lowest BCUT2D eigenvalue weighted by molar-refractivity contribution is 0.162. The molecule has 1 atom stereocenters. The molecule has 0 aromatic heterocycles. The Hall–Kier alpha value is -0.460. The van der Waals surface area contributed by atoms with E-state index < -0.39 is 0 Å². The van der Waals surface area contributed by atoms with E-state index in [2.05, 4.69) is 13.0 Å². The first-order valence-electron chi connectivity index (χ1n) is 2.62. The quantitative estimate of drug-likeness (QED) is 0.448. The van der Waals surface area contributed by atoms with Crippen LogP contribution in [0.15, 0.2) is 11.8 Å². The normalized spacial score (nSPS) is 29.4.